The maximum Gasteiger partial charge on any atom is 0.243 e. The van der Waals surface area contributed by atoms with Gasteiger partial charge < -0.3 is 4.74 Å². The summed E-state index contributed by atoms with van der Waals surface area (Å²) >= 11 is 0. The molecule has 0 atom stereocenters. The third kappa shape index (κ3) is 2.31. The standard InChI is InChI=1S/C8H10N2O4S/c1-9-15(12,13)8-4-3-6(10-11)5-7(8)14-2/h3-5,9H,1-2H3. The van der Waals surface area contributed by atoms with Crippen LogP contribution >= 0.6 is 0 Å². The Labute approximate surface area is 87.3 Å². The summed E-state index contributed by atoms with van der Waals surface area (Å²) in [6.07, 6.45) is 0. The lowest BCUT2D eigenvalue weighted by molar-refractivity contribution is 0.402. The van der Waals surface area contributed by atoms with Gasteiger partial charge in [0.2, 0.25) is 10.0 Å². The summed E-state index contributed by atoms with van der Waals surface area (Å²) in [5, 5.41) is 2.68. The molecule has 0 amide bonds. The monoisotopic (exact) mass is 230 g/mol. The van der Waals surface area contributed by atoms with Crippen LogP contribution in [0.1, 0.15) is 0 Å². The lowest BCUT2D eigenvalue weighted by atomic mass is 10.3. The molecule has 0 spiro atoms. The first-order valence-corrected chi connectivity index (χ1v) is 5.48. The molecular formula is C8H10N2O4S. The van der Waals surface area contributed by atoms with Gasteiger partial charge in [0.25, 0.3) is 0 Å². The summed E-state index contributed by atoms with van der Waals surface area (Å²) in [4.78, 5) is 10.2. The van der Waals surface area contributed by atoms with E-state index in [1.165, 1.54) is 32.4 Å². The van der Waals surface area contributed by atoms with Crippen molar-refractivity contribution in [1.82, 2.24) is 4.72 Å². The van der Waals surface area contributed by atoms with E-state index >= 15 is 0 Å². The van der Waals surface area contributed by atoms with E-state index in [0.717, 1.165) is 0 Å². The Hall–Kier alpha value is -1.47. The van der Waals surface area contributed by atoms with E-state index in [-0.39, 0.29) is 16.3 Å². The highest BCUT2D eigenvalue weighted by Gasteiger charge is 2.17. The minimum absolute atomic E-state index is 0.0279. The maximum atomic E-state index is 11.5. The molecule has 15 heavy (non-hydrogen) atoms. The van der Waals surface area contributed by atoms with Crippen molar-refractivity contribution in [3.63, 3.8) is 0 Å². The second kappa shape index (κ2) is 4.37. The summed E-state index contributed by atoms with van der Waals surface area (Å²) in [5.41, 5.74) is 0.113. The maximum absolute atomic E-state index is 11.5. The Morgan fingerprint density at radius 2 is 2.07 bits per heavy atom. The molecule has 0 heterocycles. The van der Waals surface area contributed by atoms with Crippen LogP contribution < -0.4 is 9.46 Å². The molecule has 0 unspecified atom stereocenters. The van der Waals surface area contributed by atoms with E-state index in [0.29, 0.717) is 0 Å². The highest BCUT2D eigenvalue weighted by Crippen LogP contribution is 2.28. The van der Waals surface area contributed by atoms with Gasteiger partial charge in [-0.2, -0.15) is 0 Å². The van der Waals surface area contributed by atoms with Gasteiger partial charge in [-0.3, -0.25) is 0 Å². The first-order valence-electron chi connectivity index (χ1n) is 4.00. The highest BCUT2D eigenvalue weighted by molar-refractivity contribution is 7.89. The van der Waals surface area contributed by atoms with Crippen LogP contribution in [0.2, 0.25) is 0 Å². The summed E-state index contributed by atoms with van der Waals surface area (Å²) in [6.45, 7) is 0. The number of methoxy groups -OCH3 is 1. The average molecular weight is 230 g/mol. The summed E-state index contributed by atoms with van der Waals surface area (Å²) in [7, 11) is -0.974. The zero-order chi connectivity index (χ0) is 11.5. The number of ether oxygens (including phenoxy) is 1. The Morgan fingerprint density at radius 1 is 1.40 bits per heavy atom. The predicted octanol–water partition coefficient (Wildman–Crippen LogP) is 1.00. The van der Waals surface area contributed by atoms with Gasteiger partial charge in [-0.05, 0) is 24.4 Å². The van der Waals surface area contributed by atoms with Gasteiger partial charge in [0.1, 0.15) is 16.3 Å². The number of hydrogen-bond donors (Lipinski definition) is 1. The van der Waals surface area contributed by atoms with Gasteiger partial charge in [-0.1, -0.05) is 0 Å². The van der Waals surface area contributed by atoms with E-state index in [2.05, 4.69) is 9.90 Å². The molecule has 0 saturated carbocycles. The van der Waals surface area contributed by atoms with E-state index < -0.39 is 10.0 Å². The second-order valence-electron chi connectivity index (χ2n) is 2.63. The van der Waals surface area contributed by atoms with E-state index in [1.807, 2.05) is 0 Å². The molecule has 0 fully saturated rings. The number of sulfonamides is 1. The zero-order valence-electron chi connectivity index (χ0n) is 8.22. The second-order valence-corrected chi connectivity index (χ2v) is 4.49. The number of nitroso groups, excluding NO2 is 1. The minimum atomic E-state index is -3.58. The molecular weight excluding hydrogens is 220 g/mol. The van der Waals surface area contributed by atoms with Crippen molar-refractivity contribution >= 4 is 15.7 Å². The van der Waals surface area contributed by atoms with Crippen LogP contribution in [0.25, 0.3) is 0 Å². The Bertz CT molecular complexity index is 470. The molecule has 82 valence electrons. The normalized spacial score (nSPS) is 11.1. The van der Waals surface area contributed by atoms with Crippen molar-refractivity contribution in [3.8, 4) is 5.75 Å². The van der Waals surface area contributed by atoms with Crippen LogP contribution in [0.15, 0.2) is 28.3 Å². The van der Waals surface area contributed by atoms with Gasteiger partial charge >= 0.3 is 0 Å². The van der Waals surface area contributed by atoms with Gasteiger partial charge in [-0.25, -0.2) is 13.1 Å². The van der Waals surface area contributed by atoms with Crippen LogP contribution in [0.5, 0.6) is 5.75 Å². The molecule has 0 aromatic heterocycles. The van der Waals surface area contributed by atoms with Crippen LogP contribution in [-0.4, -0.2) is 22.6 Å². The molecule has 0 aliphatic carbocycles. The van der Waals surface area contributed by atoms with Crippen molar-refractivity contribution in [2.24, 2.45) is 5.18 Å². The highest BCUT2D eigenvalue weighted by atomic mass is 32.2. The largest absolute Gasteiger partial charge is 0.495 e. The molecule has 0 aliphatic rings. The Morgan fingerprint density at radius 3 is 2.53 bits per heavy atom. The van der Waals surface area contributed by atoms with Crippen molar-refractivity contribution in [1.29, 1.82) is 0 Å². The van der Waals surface area contributed by atoms with Gasteiger partial charge in [0.05, 0.1) is 7.11 Å². The Balaban J connectivity index is 3.38. The van der Waals surface area contributed by atoms with Crippen LogP contribution in [0.3, 0.4) is 0 Å². The number of benzene rings is 1. The zero-order valence-corrected chi connectivity index (χ0v) is 9.04. The van der Waals surface area contributed by atoms with Gasteiger partial charge in [0, 0.05) is 6.07 Å². The molecule has 6 nitrogen and oxygen atoms in total. The smallest absolute Gasteiger partial charge is 0.243 e. The van der Waals surface area contributed by atoms with Crippen molar-refractivity contribution in [2.75, 3.05) is 14.2 Å². The fourth-order valence-corrected chi connectivity index (χ4v) is 1.92. The lowest BCUT2D eigenvalue weighted by Crippen LogP contribution is -2.19. The number of nitrogens with zero attached hydrogens (tertiary/aromatic N) is 1. The van der Waals surface area contributed by atoms with Crippen LogP contribution in [0, 0.1) is 4.91 Å². The molecule has 1 rings (SSSR count). The average Bonchev–Trinajstić information content (AvgIpc) is 2.28. The summed E-state index contributed by atoms with van der Waals surface area (Å²) in [5.74, 6) is 0.0847. The van der Waals surface area contributed by atoms with Crippen molar-refractivity contribution in [3.05, 3.63) is 23.1 Å². The molecule has 1 aromatic rings. The van der Waals surface area contributed by atoms with Gasteiger partial charge in [-0.15, -0.1) is 4.91 Å². The topological polar surface area (TPSA) is 84.8 Å². The van der Waals surface area contributed by atoms with Crippen molar-refractivity contribution in [2.45, 2.75) is 4.90 Å². The fourth-order valence-electron chi connectivity index (χ4n) is 1.05. The molecule has 0 bridgehead atoms. The fraction of sp³-hybridized carbons (Fsp3) is 0.250. The van der Waals surface area contributed by atoms with Gasteiger partial charge in [0.15, 0.2) is 0 Å². The van der Waals surface area contributed by atoms with Crippen molar-refractivity contribution < 1.29 is 13.2 Å². The SMILES string of the molecule is CNS(=O)(=O)c1ccc(N=O)cc1OC. The summed E-state index contributed by atoms with van der Waals surface area (Å²) < 4.78 is 30.0. The van der Waals surface area contributed by atoms with E-state index in [1.54, 1.807) is 0 Å². The molecule has 0 radical (unpaired) electrons. The Kier molecular flexibility index (Phi) is 3.38. The first kappa shape index (κ1) is 11.6. The number of rotatable bonds is 4. The molecule has 0 aliphatic heterocycles. The number of nitrogens with one attached hydrogen (secondary N) is 1. The molecule has 1 N–H and O–H groups in total. The quantitative estimate of drug-likeness (QED) is 0.782. The predicted molar refractivity (Wildman–Crippen MR) is 54.7 cm³/mol. The van der Waals surface area contributed by atoms with E-state index in [4.69, 9.17) is 4.74 Å². The minimum Gasteiger partial charge on any atom is -0.495 e. The third-order valence-electron chi connectivity index (χ3n) is 1.81. The molecule has 0 saturated heterocycles. The number of hydrogen-bond acceptors (Lipinski definition) is 5. The van der Waals surface area contributed by atoms with E-state index in [9.17, 15) is 13.3 Å². The first-order chi connectivity index (χ1) is 7.05. The third-order valence-corrected chi connectivity index (χ3v) is 3.26. The van der Waals surface area contributed by atoms with Crippen LogP contribution in [-0.2, 0) is 10.0 Å². The molecule has 7 heteroatoms. The lowest BCUT2D eigenvalue weighted by Gasteiger charge is -2.08. The molecule has 1 aromatic carbocycles. The van der Waals surface area contributed by atoms with Crippen LogP contribution in [0.4, 0.5) is 5.69 Å². The summed E-state index contributed by atoms with van der Waals surface area (Å²) in [6, 6.07) is 3.83.